The van der Waals surface area contributed by atoms with Crippen molar-refractivity contribution in [2.75, 3.05) is 18.4 Å². The van der Waals surface area contributed by atoms with E-state index in [-0.39, 0.29) is 29.4 Å². The van der Waals surface area contributed by atoms with E-state index in [0.717, 1.165) is 12.6 Å². The van der Waals surface area contributed by atoms with Gasteiger partial charge in [-0.15, -0.1) is 4.80 Å². The highest BCUT2D eigenvalue weighted by atomic mass is 19.4. The number of piperidine rings is 1. The molecule has 0 bridgehead atoms. The number of likely N-dealkylation sites (tertiary alicyclic amines) is 1. The summed E-state index contributed by atoms with van der Waals surface area (Å²) in [6.45, 7) is 6.86. The molecule has 3 aromatic heterocycles. The number of amides is 1. The molecule has 0 saturated carbocycles. The van der Waals surface area contributed by atoms with Crippen LogP contribution in [-0.2, 0) is 6.18 Å². The van der Waals surface area contributed by atoms with Crippen LogP contribution in [0.5, 0.6) is 0 Å². The number of aryl methyl sites for hydroxylation is 1. The molecule has 1 aliphatic rings. The molecule has 1 fully saturated rings. The Morgan fingerprint density at radius 3 is 2.50 bits per heavy atom. The van der Waals surface area contributed by atoms with Crippen molar-refractivity contribution >= 4 is 11.7 Å². The normalized spacial score (nSPS) is 20.9. The van der Waals surface area contributed by atoms with Gasteiger partial charge in [-0.3, -0.25) is 4.79 Å². The summed E-state index contributed by atoms with van der Waals surface area (Å²) in [4.78, 5) is 28.6. The zero-order valence-electron chi connectivity index (χ0n) is 19.0. The lowest BCUT2D eigenvalue weighted by Crippen LogP contribution is -2.52. The number of anilines is 1. The van der Waals surface area contributed by atoms with Crippen molar-refractivity contribution in [3.8, 4) is 5.69 Å². The van der Waals surface area contributed by atoms with Crippen LogP contribution in [0.15, 0.2) is 36.9 Å². The highest BCUT2D eigenvalue weighted by Crippen LogP contribution is 2.30. The predicted octanol–water partition coefficient (Wildman–Crippen LogP) is 3.38. The predicted molar refractivity (Wildman–Crippen MR) is 117 cm³/mol. The average Bonchev–Trinajstić information content (AvgIpc) is 3.33. The maximum absolute atomic E-state index is 13.7. The van der Waals surface area contributed by atoms with E-state index in [9.17, 15) is 18.0 Å². The third-order valence-electron chi connectivity index (χ3n) is 6.11. The van der Waals surface area contributed by atoms with Crippen LogP contribution in [0.2, 0.25) is 0 Å². The molecule has 3 aromatic rings. The summed E-state index contributed by atoms with van der Waals surface area (Å²) >= 11 is 0. The number of hydrogen-bond donors (Lipinski definition) is 1. The largest absolute Gasteiger partial charge is 0.434 e. The molecule has 1 N–H and O–H groups in total. The molecule has 180 valence electrons. The second kappa shape index (κ2) is 9.35. The van der Waals surface area contributed by atoms with Crippen molar-refractivity contribution in [1.82, 2.24) is 34.8 Å². The summed E-state index contributed by atoms with van der Waals surface area (Å²) in [5.74, 6) is 0.580. The number of halogens is 3. The molecule has 4 rings (SSSR count). The van der Waals surface area contributed by atoms with E-state index in [2.05, 4.69) is 44.3 Å². The minimum absolute atomic E-state index is 0.210. The maximum Gasteiger partial charge on any atom is 0.434 e. The lowest BCUT2D eigenvalue weighted by atomic mass is 9.84. The lowest BCUT2D eigenvalue weighted by molar-refractivity contribution is -0.141. The van der Waals surface area contributed by atoms with Crippen LogP contribution in [0.3, 0.4) is 0 Å². The smallest absolute Gasteiger partial charge is 0.367 e. The summed E-state index contributed by atoms with van der Waals surface area (Å²) in [5, 5.41) is 11.3. The SMILES string of the molecule is Cc1ccc(-n2nccn2)c(C(=O)N2CC(C)[C@@H](C)C[C@H]2CNc2cnc(C(F)(F)F)cn2)n1. The van der Waals surface area contributed by atoms with Crippen molar-refractivity contribution in [3.63, 3.8) is 0 Å². The first kappa shape index (κ1) is 23.6. The van der Waals surface area contributed by atoms with E-state index in [1.54, 1.807) is 24.0 Å². The van der Waals surface area contributed by atoms with Crippen LogP contribution < -0.4 is 5.32 Å². The van der Waals surface area contributed by atoms with Crippen LogP contribution in [0.4, 0.5) is 19.0 Å². The number of carbonyl (C=O) groups is 1. The van der Waals surface area contributed by atoms with Gasteiger partial charge in [0.2, 0.25) is 0 Å². The fourth-order valence-electron chi connectivity index (χ4n) is 4.00. The first-order chi connectivity index (χ1) is 16.1. The van der Waals surface area contributed by atoms with Gasteiger partial charge in [0.1, 0.15) is 11.5 Å². The molecule has 1 unspecified atom stereocenters. The Hall–Kier alpha value is -3.57. The van der Waals surface area contributed by atoms with Gasteiger partial charge in [0, 0.05) is 24.8 Å². The minimum Gasteiger partial charge on any atom is -0.367 e. The van der Waals surface area contributed by atoms with E-state index in [4.69, 9.17) is 0 Å². The molecule has 0 aliphatic carbocycles. The van der Waals surface area contributed by atoms with Crippen LogP contribution in [0.1, 0.15) is 42.1 Å². The molecule has 0 radical (unpaired) electrons. The molecule has 1 aliphatic heterocycles. The van der Waals surface area contributed by atoms with E-state index in [1.807, 2.05) is 0 Å². The van der Waals surface area contributed by atoms with Crippen molar-refractivity contribution in [2.24, 2.45) is 11.8 Å². The topological polar surface area (TPSA) is 102 Å². The Labute approximate surface area is 194 Å². The fraction of sp³-hybridized carbons (Fsp3) is 0.455. The van der Waals surface area contributed by atoms with E-state index in [1.165, 1.54) is 17.2 Å². The highest BCUT2D eigenvalue weighted by molar-refractivity contribution is 5.96. The zero-order chi connectivity index (χ0) is 24.5. The van der Waals surface area contributed by atoms with Crippen LogP contribution in [0.25, 0.3) is 5.69 Å². The molecule has 34 heavy (non-hydrogen) atoms. The van der Waals surface area contributed by atoms with Crippen molar-refractivity contribution < 1.29 is 18.0 Å². The monoisotopic (exact) mass is 474 g/mol. The Morgan fingerprint density at radius 1 is 1.12 bits per heavy atom. The number of carbonyl (C=O) groups excluding carboxylic acids is 1. The van der Waals surface area contributed by atoms with Gasteiger partial charge < -0.3 is 10.2 Å². The van der Waals surface area contributed by atoms with Gasteiger partial charge in [-0.25, -0.2) is 15.0 Å². The summed E-state index contributed by atoms with van der Waals surface area (Å²) in [5.41, 5.74) is 0.358. The quantitative estimate of drug-likeness (QED) is 0.605. The van der Waals surface area contributed by atoms with Crippen LogP contribution in [0, 0.1) is 18.8 Å². The summed E-state index contributed by atoms with van der Waals surface area (Å²) in [6.07, 6.45) is 0.957. The lowest BCUT2D eigenvalue weighted by Gasteiger charge is -2.42. The van der Waals surface area contributed by atoms with Gasteiger partial charge in [-0.2, -0.15) is 23.4 Å². The first-order valence-corrected chi connectivity index (χ1v) is 10.9. The van der Waals surface area contributed by atoms with E-state index >= 15 is 0 Å². The van der Waals surface area contributed by atoms with Gasteiger partial charge in [0.05, 0.1) is 24.8 Å². The van der Waals surface area contributed by atoms with E-state index in [0.29, 0.717) is 36.6 Å². The summed E-state index contributed by atoms with van der Waals surface area (Å²) in [7, 11) is 0. The number of alkyl halides is 3. The molecule has 3 atom stereocenters. The van der Waals surface area contributed by atoms with Gasteiger partial charge in [-0.05, 0) is 37.3 Å². The average molecular weight is 474 g/mol. The second-order valence-corrected chi connectivity index (χ2v) is 8.61. The van der Waals surface area contributed by atoms with Crippen molar-refractivity contribution in [2.45, 2.75) is 39.4 Å². The molecule has 0 spiro atoms. The molecule has 1 saturated heterocycles. The summed E-state index contributed by atoms with van der Waals surface area (Å²) < 4.78 is 38.3. The molecule has 9 nitrogen and oxygen atoms in total. The number of hydrogen-bond acceptors (Lipinski definition) is 7. The van der Waals surface area contributed by atoms with Gasteiger partial charge in [0.15, 0.2) is 11.4 Å². The number of aromatic nitrogens is 6. The fourth-order valence-corrected chi connectivity index (χ4v) is 4.00. The Morgan fingerprint density at radius 2 is 1.85 bits per heavy atom. The van der Waals surface area contributed by atoms with Gasteiger partial charge >= 0.3 is 6.18 Å². The first-order valence-electron chi connectivity index (χ1n) is 10.9. The maximum atomic E-state index is 13.7. The second-order valence-electron chi connectivity index (χ2n) is 8.61. The number of rotatable bonds is 5. The molecule has 0 aromatic carbocycles. The van der Waals surface area contributed by atoms with Gasteiger partial charge in [0.25, 0.3) is 5.91 Å². The Kier molecular flexibility index (Phi) is 6.49. The third kappa shape index (κ3) is 5.00. The summed E-state index contributed by atoms with van der Waals surface area (Å²) in [6, 6.07) is 3.33. The number of nitrogens with zero attached hydrogens (tertiary/aromatic N) is 7. The standard InChI is InChI=1S/C22H25F3N8O/c1-13-8-16(9-27-19-11-26-18(10-28-19)22(23,24)25)32(12-14(13)2)21(34)20-17(5-4-15(3)31-20)33-29-6-7-30-33/h4-7,10-11,13-14,16H,8-9,12H2,1-3H3,(H,27,28)/t13-,14?,16-/m0/s1. The minimum atomic E-state index is -4.55. The van der Waals surface area contributed by atoms with Gasteiger partial charge in [-0.1, -0.05) is 13.8 Å². The molecule has 1 amide bonds. The molecular weight excluding hydrogens is 449 g/mol. The third-order valence-corrected chi connectivity index (χ3v) is 6.11. The highest BCUT2D eigenvalue weighted by Gasteiger charge is 2.36. The Bertz CT molecular complexity index is 1130. The Balaban J connectivity index is 1.57. The molecule has 12 heteroatoms. The number of nitrogens with one attached hydrogen (secondary N) is 1. The van der Waals surface area contributed by atoms with Crippen molar-refractivity contribution in [1.29, 1.82) is 0 Å². The van der Waals surface area contributed by atoms with Crippen LogP contribution in [-0.4, -0.2) is 59.9 Å². The zero-order valence-corrected chi connectivity index (χ0v) is 19.0. The molecule has 4 heterocycles. The molecular formula is C22H25F3N8O. The van der Waals surface area contributed by atoms with E-state index < -0.39 is 11.9 Å². The number of pyridine rings is 1. The van der Waals surface area contributed by atoms with Crippen LogP contribution >= 0.6 is 0 Å². The van der Waals surface area contributed by atoms with Crippen molar-refractivity contribution in [3.05, 3.63) is 54.0 Å².